The summed E-state index contributed by atoms with van der Waals surface area (Å²) < 4.78 is 0. The summed E-state index contributed by atoms with van der Waals surface area (Å²) in [6.45, 7) is 0.543. The Morgan fingerprint density at radius 3 is 2.17 bits per heavy atom. The fraction of sp³-hybridized carbons (Fsp3) is 0.533. The van der Waals surface area contributed by atoms with E-state index in [4.69, 9.17) is 5.73 Å². The van der Waals surface area contributed by atoms with Crippen molar-refractivity contribution in [2.75, 3.05) is 5.32 Å². The molecule has 0 saturated heterocycles. The van der Waals surface area contributed by atoms with E-state index < -0.39 is 0 Å². The molecule has 0 radical (unpaired) electrons. The van der Waals surface area contributed by atoms with Crippen molar-refractivity contribution in [2.24, 2.45) is 23.5 Å². The van der Waals surface area contributed by atoms with Gasteiger partial charge >= 0.3 is 0 Å². The van der Waals surface area contributed by atoms with Crippen molar-refractivity contribution in [1.82, 2.24) is 0 Å². The van der Waals surface area contributed by atoms with Gasteiger partial charge in [-0.3, -0.25) is 4.79 Å². The van der Waals surface area contributed by atoms with Crippen LogP contribution in [-0.2, 0) is 11.3 Å². The first-order chi connectivity index (χ1) is 8.78. The van der Waals surface area contributed by atoms with Gasteiger partial charge in [-0.15, -0.1) is 0 Å². The maximum atomic E-state index is 12.3. The lowest BCUT2D eigenvalue weighted by Crippen LogP contribution is -2.26. The highest BCUT2D eigenvalue weighted by Crippen LogP contribution is 2.49. The van der Waals surface area contributed by atoms with E-state index in [0.717, 1.165) is 11.3 Å². The van der Waals surface area contributed by atoms with Gasteiger partial charge in [0, 0.05) is 18.2 Å². The molecule has 0 atom stereocenters. The minimum atomic E-state index is 0.223. The summed E-state index contributed by atoms with van der Waals surface area (Å²) in [7, 11) is 0. The van der Waals surface area contributed by atoms with Crippen LogP contribution in [-0.4, -0.2) is 5.91 Å². The van der Waals surface area contributed by atoms with Crippen molar-refractivity contribution in [2.45, 2.75) is 32.2 Å². The number of nitrogens with two attached hydrogens (primary N) is 1. The first kappa shape index (κ1) is 11.7. The zero-order valence-corrected chi connectivity index (χ0v) is 10.6. The van der Waals surface area contributed by atoms with Gasteiger partial charge in [-0.05, 0) is 55.2 Å². The average molecular weight is 244 g/mol. The summed E-state index contributed by atoms with van der Waals surface area (Å²) in [5.41, 5.74) is 7.54. The molecule has 1 aromatic carbocycles. The SMILES string of the molecule is NCc1ccc(NC(=O)C(C2CC2)C2CC2)cc1. The zero-order valence-electron chi connectivity index (χ0n) is 10.6. The van der Waals surface area contributed by atoms with E-state index in [0.29, 0.717) is 18.4 Å². The topological polar surface area (TPSA) is 55.1 Å². The molecule has 2 saturated carbocycles. The van der Waals surface area contributed by atoms with E-state index in [1.165, 1.54) is 25.7 Å². The number of amides is 1. The van der Waals surface area contributed by atoms with Crippen molar-refractivity contribution in [3.63, 3.8) is 0 Å². The van der Waals surface area contributed by atoms with Crippen molar-refractivity contribution in [3.05, 3.63) is 29.8 Å². The third kappa shape index (κ3) is 2.56. The smallest absolute Gasteiger partial charge is 0.228 e. The largest absolute Gasteiger partial charge is 0.326 e. The van der Waals surface area contributed by atoms with Crippen LogP contribution in [0.5, 0.6) is 0 Å². The standard InChI is InChI=1S/C15H20N2O/c16-9-10-1-7-13(8-2-10)17-15(18)14(11-3-4-11)12-5-6-12/h1-2,7-8,11-12,14H,3-6,9,16H2,(H,17,18). The van der Waals surface area contributed by atoms with E-state index >= 15 is 0 Å². The molecule has 3 rings (SSSR count). The molecule has 2 fully saturated rings. The highest BCUT2D eigenvalue weighted by Gasteiger charge is 2.45. The van der Waals surface area contributed by atoms with Crippen LogP contribution >= 0.6 is 0 Å². The van der Waals surface area contributed by atoms with Gasteiger partial charge in [-0.2, -0.15) is 0 Å². The quantitative estimate of drug-likeness (QED) is 0.836. The summed E-state index contributed by atoms with van der Waals surface area (Å²) in [4.78, 5) is 12.3. The Balaban J connectivity index is 1.64. The van der Waals surface area contributed by atoms with E-state index in [2.05, 4.69) is 5.32 Å². The van der Waals surface area contributed by atoms with Gasteiger partial charge in [0.15, 0.2) is 0 Å². The molecule has 0 unspecified atom stereocenters. The number of benzene rings is 1. The number of carbonyl (C=O) groups is 1. The fourth-order valence-corrected chi connectivity index (χ4v) is 2.67. The number of anilines is 1. The predicted octanol–water partition coefficient (Wildman–Crippen LogP) is 2.52. The Labute approximate surface area is 108 Å². The van der Waals surface area contributed by atoms with Gasteiger partial charge in [0.1, 0.15) is 0 Å². The van der Waals surface area contributed by atoms with E-state index in [1.807, 2.05) is 24.3 Å². The molecule has 0 bridgehead atoms. The van der Waals surface area contributed by atoms with Gasteiger partial charge in [-0.25, -0.2) is 0 Å². The predicted molar refractivity (Wildman–Crippen MR) is 71.9 cm³/mol. The molecule has 3 N–H and O–H groups in total. The van der Waals surface area contributed by atoms with Gasteiger partial charge in [-0.1, -0.05) is 12.1 Å². The average Bonchev–Trinajstić information content (AvgIpc) is 3.24. The second-order valence-corrected chi connectivity index (χ2v) is 5.59. The fourth-order valence-electron chi connectivity index (χ4n) is 2.67. The third-order valence-electron chi connectivity index (χ3n) is 4.02. The van der Waals surface area contributed by atoms with Crippen LogP contribution in [0.25, 0.3) is 0 Å². The Kier molecular flexibility index (Phi) is 3.08. The summed E-state index contributed by atoms with van der Waals surface area (Å²) in [6, 6.07) is 7.83. The van der Waals surface area contributed by atoms with E-state index in [1.54, 1.807) is 0 Å². The summed E-state index contributed by atoms with van der Waals surface area (Å²) in [5.74, 6) is 1.79. The number of nitrogens with one attached hydrogen (secondary N) is 1. The molecule has 2 aliphatic carbocycles. The van der Waals surface area contributed by atoms with Gasteiger partial charge in [0.25, 0.3) is 0 Å². The first-order valence-electron chi connectivity index (χ1n) is 6.88. The van der Waals surface area contributed by atoms with Crippen LogP contribution in [0.3, 0.4) is 0 Å². The molecule has 0 spiro atoms. The van der Waals surface area contributed by atoms with Crippen molar-refractivity contribution in [1.29, 1.82) is 0 Å². The van der Waals surface area contributed by atoms with Crippen LogP contribution < -0.4 is 11.1 Å². The van der Waals surface area contributed by atoms with Crippen molar-refractivity contribution in [3.8, 4) is 0 Å². The maximum absolute atomic E-state index is 12.3. The van der Waals surface area contributed by atoms with E-state index in [-0.39, 0.29) is 11.8 Å². The highest BCUT2D eigenvalue weighted by atomic mass is 16.1. The summed E-state index contributed by atoms with van der Waals surface area (Å²) in [5, 5.41) is 3.06. The Morgan fingerprint density at radius 1 is 1.17 bits per heavy atom. The molecule has 2 aliphatic rings. The number of hydrogen-bond donors (Lipinski definition) is 2. The van der Waals surface area contributed by atoms with Crippen LogP contribution in [0, 0.1) is 17.8 Å². The molecule has 18 heavy (non-hydrogen) atoms. The third-order valence-corrected chi connectivity index (χ3v) is 4.02. The van der Waals surface area contributed by atoms with Gasteiger partial charge < -0.3 is 11.1 Å². The number of hydrogen-bond acceptors (Lipinski definition) is 2. The van der Waals surface area contributed by atoms with Crippen LogP contribution in [0.2, 0.25) is 0 Å². The molecule has 0 aromatic heterocycles. The summed E-state index contributed by atoms with van der Waals surface area (Å²) in [6.07, 6.45) is 4.95. The van der Waals surface area contributed by atoms with Crippen LogP contribution in [0.15, 0.2) is 24.3 Å². The molecule has 1 aromatic rings. The molecule has 0 heterocycles. The van der Waals surface area contributed by atoms with Crippen LogP contribution in [0.4, 0.5) is 5.69 Å². The number of carbonyl (C=O) groups excluding carboxylic acids is 1. The normalized spacial score (nSPS) is 19.0. The first-order valence-corrected chi connectivity index (χ1v) is 6.88. The molecule has 3 nitrogen and oxygen atoms in total. The summed E-state index contributed by atoms with van der Waals surface area (Å²) >= 11 is 0. The molecular weight excluding hydrogens is 224 g/mol. The zero-order chi connectivity index (χ0) is 12.5. The second kappa shape index (κ2) is 4.73. The van der Waals surface area contributed by atoms with Crippen molar-refractivity contribution >= 4 is 11.6 Å². The van der Waals surface area contributed by atoms with Gasteiger partial charge in [0.2, 0.25) is 5.91 Å². The second-order valence-electron chi connectivity index (χ2n) is 5.59. The maximum Gasteiger partial charge on any atom is 0.228 e. The van der Waals surface area contributed by atoms with E-state index in [9.17, 15) is 4.79 Å². The Bertz CT molecular complexity index is 420. The lowest BCUT2D eigenvalue weighted by Gasteiger charge is -2.15. The molecule has 96 valence electrons. The molecule has 3 heteroatoms. The Hall–Kier alpha value is -1.35. The van der Waals surface area contributed by atoms with Crippen molar-refractivity contribution < 1.29 is 4.79 Å². The Morgan fingerprint density at radius 2 is 1.72 bits per heavy atom. The molecule has 1 amide bonds. The lowest BCUT2D eigenvalue weighted by atomic mass is 9.97. The minimum absolute atomic E-state index is 0.223. The monoisotopic (exact) mass is 244 g/mol. The molecule has 0 aliphatic heterocycles. The van der Waals surface area contributed by atoms with Gasteiger partial charge in [0.05, 0.1) is 0 Å². The minimum Gasteiger partial charge on any atom is -0.326 e. The lowest BCUT2D eigenvalue weighted by molar-refractivity contribution is -0.121. The highest BCUT2D eigenvalue weighted by molar-refractivity contribution is 5.93. The van der Waals surface area contributed by atoms with Crippen LogP contribution in [0.1, 0.15) is 31.2 Å². The molecular formula is C15H20N2O. The number of rotatable bonds is 5.